The lowest BCUT2D eigenvalue weighted by atomic mass is 9.98. The highest BCUT2D eigenvalue weighted by atomic mass is 16.7. The van der Waals surface area contributed by atoms with Crippen LogP contribution in [0.5, 0.6) is 0 Å². The van der Waals surface area contributed by atoms with Gasteiger partial charge in [-0.25, -0.2) is 0 Å². The van der Waals surface area contributed by atoms with Crippen LogP contribution in [0.3, 0.4) is 0 Å². The van der Waals surface area contributed by atoms with Gasteiger partial charge in [0.1, 0.15) is 0 Å². The van der Waals surface area contributed by atoms with Gasteiger partial charge in [-0.2, -0.15) is 0 Å². The summed E-state index contributed by atoms with van der Waals surface area (Å²) in [6.07, 6.45) is 31.1. The van der Waals surface area contributed by atoms with E-state index in [1.54, 1.807) is 0 Å². The fourth-order valence-corrected chi connectivity index (χ4v) is 7.34. The summed E-state index contributed by atoms with van der Waals surface area (Å²) in [6.45, 7) is 17.5. The molecule has 1 aliphatic rings. The first-order valence-electron chi connectivity index (χ1n) is 23.1. The molecule has 1 rings (SSSR count). The Morgan fingerprint density at radius 3 is 1.78 bits per heavy atom. The molecule has 0 aromatic heterocycles. The molecule has 1 saturated heterocycles. The Kier molecular flexibility index (Phi) is 31.8. The van der Waals surface area contributed by atoms with Gasteiger partial charge in [0.15, 0.2) is 5.79 Å². The Bertz CT molecular complexity index is 1030. The Balaban J connectivity index is 2.27. The molecule has 0 aromatic carbocycles. The van der Waals surface area contributed by atoms with Gasteiger partial charge in [0.2, 0.25) is 0 Å². The second-order valence-corrected chi connectivity index (χ2v) is 16.9. The van der Waals surface area contributed by atoms with Crippen molar-refractivity contribution in [3.8, 4) is 0 Å². The van der Waals surface area contributed by atoms with Crippen molar-refractivity contribution in [2.45, 2.75) is 226 Å². The fraction of sp³-hybridized carbons (Fsp3) is 0.875. The minimum Gasteiger partial charge on any atom is -0.466 e. The van der Waals surface area contributed by atoms with Crippen LogP contribution in [-0.2, 0) is 28.5 Å². The third-order valence-electron chi connectivity index (χ3n) is 11.5. The number of nitrogens with zero attached hydrogens (tertiary/aromatic N) is 1. The predicted molar refractivity (Wildman–Crippen MR) is 229 cm³/mol. The minimum absolute atomic E-state index is 0.0260. The number of hydrogen-bond acceptors (Lipinski definition) is 7. The van der Waals surface area contributed by atoms with Gasteiger partial charge in [-0.05, 0) is 96.8 Å². The molecule has 1 aliphatic heterocycles. The van der Waals surface area contributed by atoms with Crippen LogP contribution < -0.4 is 0 Å². The van der Waals surface area contributed by atoms with Gasteiger partial charge in [-0.3, -0.25) is 9.59 Å². The Morgan fingerprint density at radius 2 is 1.25 bits per heavy atom. The largest absolute Gasteiger partial charge is 0.466 e. The zero-order valence-electron chi connectivity index (χ0n) is 36.9. The number of carbonyl (C=O) groups excluding carboxylic acids is 2. The number of ether oxygens (including phenoxy) is 4. The maximum Gasteiger partial charge on any atom is 0.305 e. The fourth-order valence-electron chi connectivity index (χ4n) is 7.34. The van der Waals surface area contributed by atoms with E-state index in [4.69, 9.17) is 18.9 Å². The van der Waals surface area contributed by atoms with E-state index in [-0.39, 0.29) is 18.0 Å². The average Bonchev–Trinajstić information content (AvgIpc) is 3.58. The SMILES string of the molecule is C=C=C=CC(CCCC)CCOC(=O)CCCCCCCCCC1(CCCCCCCCCC(=O)OCCC(C)CCCC)OCC(CCN(C)C(C)C)O1. The quantitative estimate of drug-likeness (QED) is 0.0353. The number of unbranched alkanes of at least 4 members (excludes halogenated alkanes) is 14. The summed E-state index contributed by atoms with van der Waals surface area (Å²) in [5, 5.41) is 0. The van der Waals surface area contributed by atoms with Gasteiger partial charge in [-0.1, -0.05) is 129 Å². The van der Waals surface area contributed by atoms with Gasteiger partial charge in [0.05, 0.1) is 25.9 Å². The maximum atomic E-state index is 12.2. The number of hydrogen-bond donors (Lipinski definition) is 0. The molecule has 0 radical (unpaired) electrons. The standard InChI is InChI=1S/C48H87NO6/c1-8-11-28-43(6)34-39-52-46(50)31-24-20-16-14-18-22-26-36-48(54-41-45(55-48)33-38-49(7)42(4)5)37-27-23-19-15-17-21-25-32-47(51)53-40-35-44(29-12-9-2)30-13-10-3/h29,42-45H,2,8,10-11,13-28,30-41H2,1,3-7H3. The summed E-state index contributed by atoms with van der Waals surface area (Å²) < 4.78 is 24.2. The zero-order chi connectivity index (χ0) is 40.4. The second-order valence-electron chi connectivity index (χ2n) is 16.9. The zero-order valence-corrected chi connectivity index (χ0v) is 36.9. The van der Waals surface area contributed by atoms with Crippen molar-refractivity contribution in [1.29, 1.82) is 0 Å². The second kappa shape index (κ2) is 34.2. The maximum absolute atomic E-state index is 12.2. The number of rotatable bonds is 37. The normalized spacial score (nSPS) is 17.9. The highest BCUT2D eigenvalue weighted by Gasteiger charge is 2.40. The van der Waals surface area contributed by atoms with E-state index in [1.807, 2.05) is 6.08 Å². The Morgan fingerprint density at radius 1 is 0.745 bits per heavy atom. The first kappa shape index (κ1) is 51.1. The first-order valence-corrected chi connectivity index (χ1v) is 23.1. The summed E-state index contributed by atoms with van der Waals surface area (Å²) in [6, 6.07) is 0.533. The molecular formula is C48H87NO6. The topological polar surface area (TPSA) is 74.3 Å². The lowest BCUT2D eigenvalue weighted by Crippen LogP contribution is -2.33. The van der Waals surface area contributed by atoms with Crippen LogP contribution in [0.4, 0.5) is 0 Å². The molecule has 1 fully saturated rings. The summed E-state index contributed by atoms with van der Waals surface area (Å²) in [5.41, 5.74) is 5.67. The van der Waals surface area contributed by atoms with Crippen molar-refractivity contribution in [3.63, 3.8) is 0 Å². The molecule has 0 spiro atoms. The Hall–Kier alpha value is -1.88. The third-order valence-corrected chi connectivity index (χ3v) is 11.5. The highest BCUT2D eigenvalue weighted by Crippen LogP contribution is 2.36. The molecule has 320 valence electrons. The van der Waals surface area contributed by atoms with Crippen molar-refractivity contribution >= 4 is 11.9 Å². The van der Waals surface area contributed by atoms with Crippen LogP contribution in [0, 0.1) is 11.8 Å². The molecule has 0 N–H and O–H groups in total. The van der Waals surface area contributed by atoms with E-state index in [9.17, 15) is 9.59 Å². The molecule has 4 atom stereocenters. The van der Waals surface area contributed by atoms with Gasteiger partial charge < -0.3 is 23.8 Å². The minimum atomic E-state index is -0.426. The number of allylic oxidation sites excluding steroid dienone is 1. The van der Waals surface area contributed by atoms with E-state index >= 15 is 0 Å². The highest BCUT2D eigenvalue weighted by molar-refractivity contribution is 5.69. The van der Waals surface area contributed by atoms with Crippen molar-refractivity contribution in [3.05, 3.63) is 24.1 Å². The van der Waals surface area contributed by atoms with Crippen molar-refractivity contribution in [1.82, 2.24) is 4.90 Å². The van der Waals surface area contributed by atoms with Crippen molar-refractivity contribution in [2.75, 3.05) is 33.4 Å². The van der Waals surface area contributed by atoms with Gasteiger partial charge in [0, 0.05) is 38.3 Å². The average molecular weight is 774 g/mol. The third kappa shape index (κ3) is 28.2. The van der Waals surface area contributed by atoms with E-state index in [2.05, 4.69) is 64.6 Å². The molecule has 55 heavy (non-hydrogen) atoms. The molecule has 0 aliphatic carbocycles. The molecule has 1 heterocycles. The molecule has 4 unspecified atom stereocenters. The van der Waals surface area contributed by atoms with E-state index in [0.29, 0.717) is 50.5 Å². The molecule has 7 heteroatoms. The van der Waals surface area contributed by atoms with Crippen molar-refractivity contribution in [2.24, 2.45) is 11.8 Å². The van der Waals surface area contributed by atoms with Crippen LogP contribution in [0.25, 0.3) is 0 Å². The number of carbonyl (C=O) groups is 2. The summed E-state index contributed by atoms with van der Waals surface area (Å²) in [7, 11) is 2.19. The van der Waals surface area contributed by atoms with Crippen LogP contribution >= 0.6 is 0 Å². The lowest BCUT2D eigenvalue weighted by molar-refractivity contribution is -0.180. The van der Waals surface area contributed by atoms with Gasteiger partial charge in [-0.15, -0.1) is 0 Å². The monoisotopic (exact) mass is 774 g/mol. The molecule has 0 amide bonds. The van der Waals surface area contributed by atoms with Gasteiger partial charge >= 0.3 is 11.9 Å². The molecule has 0 saturated carbocycles. The lowest BCUT2D eigenvalue weighted by Gasteiger charge is -2.29. The summed E-state index contributed by atoms with van der Waals surface area (Å²) in [4.78, 5) is 26.7. The van der Waals surface area contributed by atoms with Crippen LogP contribution in [0.1, 0.15) is 208 Å². The molecule has 7 nitrogen and oxygen atoms in total. The van der Waals surface area contributed by atoms with E-state index in [0.717, 1.165) is 103 Å². The van der Waals surface area contributed by atoms with E-state index < -0.39 is 5.79 Å². The number of esters is 2. The van der Waals surface area contributed by atoms with Crippen LogP contribution in [-0.4, -0.2) is 68.2 Å². The Labute approximate surface area is 339 Å². The summed E-state index contributed by atoms with van der Waals surface area (Å²) >= 11 is 0. The molecule has 0 aromatic rings. The van der Waals surface area contributed by atoms with Crippen molar-refractivity contribution < 1.29 is 28.5 Å². The van der Waals surface area contributed by atoms with Gasteiger partial charge in [0.25, 0.3) is 0 Å². The predicted octanol–water partition coefficient (Wildman–Crippen LogP) is 12.8. The summed E-state index contributed by atoms with van der Waals surface area (Å²) in [5.74, 6) is 0.490. The first-order chi connectivity index (χ1) is 26.6. The molecule has 0 bridgehead atoms. The smallest absolute Gasteiger partial charge is 0.305 e. The van der Waals surface area contributed by atoms with Crippen LogP contribution in [0.15, 0.2) is 24.1 Å². The van der Waals surface area contributed by atoms with E-state index in [1.165, 1.54) is 64.2 Å². The molecular weight excluding hydrogens is 687 g/mol. The van der Waals surface area contributed by atoms with Crippen LogP contribution in [0.2, 0.25) is 0 Å².